The molecule has 0 amide bonds. The van der Waals surface area contributed by atoms with Crippen LogP contribution in [-0.4, -0.2) is 16.3 Å². The number of nitrogens with one attached hydrogen (secondary N) is 1. The largest absolute Gasteiger partial charge is 0.305 e. The molecule has 0 bridgehead atoms. The molecule has 0 radical (unpaired) electrons. The zero-order valence-corrected chi connectivity index (χ0v) is 14.0. The molecule has 3 nitrogen and oxygen atoms in total. The molecule has 114 valence electrons. The Morgan fingerprint density at radius 1 is 1.19 bits per heavy atom. The van der Waals surface area contributed by atoms with Crippen LogP contribution in [0.2, 0.25) is 10.0 Å². The topological polar surface area (TPSA) is 29.9 Å². The summed E-state index contributed by atoms with van der Waals surface area (Å²) < 4.78 is 2.04. The Morgan fingerprint density at radius 2 is 2.00 bits per heavy atom. The van der Waals surface area contributed by atoms with E-state index in [1.807, 2.05) is 29.1 Å². The average molecular weight is 326 g/mol. The fourth-order valence-corrected chi connectivity index (χ4v) is 2.90. The van der Waals surface area contributed by atoms with E-state index in [-0.39, 0.29) is 6.04 Å². The van der Waals surface area contributed by atoms with Crippen molar-refractivity contribution < 1.29 is 0 Å². The zero-order valence-electron chi connectivity index (χ0n) is 12.4. The average Bonchev–Trinajstić information content (AvgIpc) is 2.90. The molecular formula is C16H21Cl2N3. The van der Waals surface area contributed by atoms with E-state index in [0.717, 1.165) is 37.2 Å². The van der Waals surface area contributed by atoms with Crippen molar-refractivity contribution in [2.45, 2.75) is 39.3 Å². The predicted molar refractivity (Wildman–Crippen MR) is 89.1 cm³/mol. The summed E-state index contributed by atoms with van der Waals surface area (Å²) in [6.07, 6.45) is 3.95. The van der Waals surface area contributed by atoms with Gasteiger partial charge in [0.1, 0.15) is 0 Å². The molecule has 0 aliphatic rings. The van der Waals surface area contributed by atoms with Gasteiger partial charge in [-0.3, -0.25) is 4.68 Å². The van der Waals surface area contributed by atoms with Gasteiger partial charge in [0.2, 0.25) is 0 Å². The zero-order chi connectivity index (χ0) is 15.2. The summed E-state index contributed by atoms with van der Waals surface area (Å²) in [7, 11) is 0. The molecule has 5 heteroatoms. The third-order valence-corrected chi connectivity index (χ3v) is 3.91. The summed E-state index contributed by atoms with van der Waals surface area (Å²) in [5.41, 5.74) is 2.17. The van der Waals surface area contributed by atoms with Crippen LogP contribution in [0.5, 0.6) is 0 Å². The van der Waals surface area contributed by atoms with Gasteiger partial charge in [-0.05, 0) is 43.1 Å². The van der Waals surface area contributed by atoms with Gasteiger partial charge in [0.25, 0.3) is 0 Å². The number of nitrogens with zero attached hydrogens (tertiary/aromatic N) is 2. The second kappa shape index (κ2) is 7.83. The standard InChI is InChI=1S/C16H21Cl2N3/c1-3-8-19-16(13-6-5-12(17)11-14(13)18)15-7-9-20-21(15)10-4-2/h5-7,9,11,16,19H,3-4,8,10H2,1-2H3. The molecule has 0 aliphatic carbocycles. The minimum Gasteiger partial charge on any atom is -0.305 e. The van der Waals surface area contributed by atoms with Crippen LogP contribution in [0.1, 0.15) is 44.0 Å². The highest BCUT2D eigenvalue weighted by Crippen LogP contribution is 2.30. The molecule has 0 spiro atoms. The predicted octanol–water partition coefficient (Wildman–Crippen LogP) is 4.69. The Balaban J connectivity index is 2.39. The molecule has 1 aromatic heterocycles. The van der Waals surface area contributed by atoms with Crippen LogP contribution in [0.25, 0.3) is 0 Å². The Bertz CT molecular complexity index is 581. The van der Waals surface area contributed by atoms with Gasteiger partial charge in [-0.15, -0.1) is 0 Å². The summed E-state index contributed by atoms with van der Waals surface area (Å²) in [5.74, 6) is 0. The van der Waals surface area contributed by atoms with E-state index < -0.39 is 0 Å². The van der Waals surface area contributed by atoms with Crippen LogP contribution in [0, 0.1) is 0 Å². The summed E-state index contributed by atoms with van der Waals surface area (Å²) in [4.78, 5) is 0. The number of aryl methyl sites for hydroxylation is 1. The van der Waals surface area contributed by atoms with Gasteiger partial charge in [-0.2, -0.15) is 5.10 Å². The first kappa shape index (κ1) is 16.3. The lowest BCUT2D eigenvalue weighted by molar-refractivity contribution is 0.511. The number of benzene rings is 1. The van der Waals surface area contributed by atoms with E-state index >= 15 is 0 Å². The molecule has 0 fully saturated rings. The number of aromatic nitrogens is 2. The van der Waals surface area contributed by atoms with Crippen LogP contribution in [0.15, 0.2) is 30.5 Å². The molecule has 0 aliphatic heterocycles. The molecule has 1 N–H and O–H groups in total. The summed E-state index contributed by atoms with van der Waals surface area (Å²) >= 11 is 12.4. The quantitative estimate of drug-likeness (QED) is 0.800. The SMILES string of the molecule is CCCNC(c1ccc(Cl)cc1Cl)c1ccnn1CCC. The van der Waals surface area contributed by atoms with Crippen molar-refractivity contribution in [3.05, 3.63) is 51.8 Å². The Kier molecular flexibility index (Phi) is 6.09. The fraction of sp³-hybridized carbons (Fsp3) is 0.438. The molecule has 0 saturated heterocycles. The van der Waals surface area contributed by atoms with E-state index in [2.05, 4.69) is 24.3 Å². The Hall–Kier alpha value is -1.03. The highest BCUT2D eigenvalue weighted by Gasteiger charge is 2.20. The second-order valence-corrected chi connectivity index (χ2v) is 5.88. The van der Waals surface area contributed by atoms with Gasteiger partial charge in [0.15, 0.2) is 0 Å². The lowest BCUT2D eigenvalue weighted by Crippen LogP contribution is -2.26. The highest BCUT2D eigenvalue weighted by molar-refractivity contribution is 6.35. The van der Waals surface area contributed by atoms with Crippen LogP contribution in [-0.2, 0) is 6.54 Å². The Morgan fingerprint density at radius 3 is 2.67 bits per heavy atom. The van der Waals surface area contributed by atoms with E-state index in [0.29, 0.717) is 10.0 Å². The van der Waals surface area contributed by atoms with Crippen LogP contribution in [0.3, 0.4) is 0 Å². The highest BCUT2D eigenvalue weighted by atomic mass is 35.5. The maximum atomic E-state index is 6.40. The molecule has 0 saturated carbocycles. The lowest BCUT2D eigenvalue weighted by atomic mass is 10.0. The maximum absolute atomic E-state index is 6.40. The van der Waals surface area contributed by atoms with Crippen molar-refractivity contribution in [3.63, 3.8) is 0 Å². The third-order valence-electron chi connectivity index (χ3n) is 3.35. The number of hydrogen-bond acceptors (Lipinski definition) is 2. The smallest absolute Gasteiger partial charge is 0.0762 e. The van der Waals surface area contributed by atoms with E-state index in [4.69, 9.17) is 23.2 Å². The van der Waals surface area contributed by atoms with Gasteiger partial charge in [0.05, 0.1) is 11.7 Å². The second-order valence-electron chi connectivity index (χ2n) is 5.03. The normalized spacial score (nSPS) is 12.6. The molecule has 21 heavy (non-hydrogen) atoms. The number of halogens is 2. The van der Waals surface area contributed by atoms with Crippen LogP contribution >= 0.6 is 23.2 Å². The first-order valence-electron chi connectivity index (χ1n) is 7.37. The molecule has 1 unspecified atom stereocenters. The molecule has 2 aromatic rings. The minimum absolute atomic E-state index is 0.0313. The van der Waals surface area contributed by atoms with E-state index in [1.54, 1.807) is 6.07 Å². The number of rotatable bonds is 7. The van der Waals surface area contributed by atoms with Crippen molar-refractivity contribution in [2.75, 3.05) is 6.54 Å². The van der Waals surface area contributed by atoms with E-state index in [9.17, 15) is 0 Å². The van der Waals surface area contributed by atoms with Gasteiger partial charge < -0.3 is 5.32 Å². The lowest BCUT2D eigenvalue weighted by Gasteiger charge is -2.21. The van der Waals surface area contributed by atoms with Gasteiger partial charge in [0, 0.05) is 22.8 Å². The Labute approximate surface area is 136 Å². The van der Waals surface area contributed by atoms with Gasteiger partial charge in [-0.25, -0.2) is 0 Å². The van der Waals surface area contributed by atoms with Crippen LogP contribution in [0.4, 0.5) is 0 Å². The molecule has 1 atom stereocenters. The monoisotopic (exact) mass is 325 g/mol. The fourth-order valence-electron chi connectivity index (χ4n) is 2.38. The van der Waals surface area contributed by atoms with E-state index in [1.165, 1.54) is 0 Å². The maximum Gasteiger partial charge on any atom is 0.0762 e. The first-order valence-corrected chi connectivity index (χ1v) is 8.13. The minimum atomic E-state index is 0.0313. The van der Waals surface area contributed by atoms with Crippen molar-refractivity contribution in [2.24, 2.45) is 0 Å². The number of hydrogen-bond donors (Lipinski definition) is 1. The first-order chi connectivity index (χ1) is 10.2. The summed E-state index contributed by atoms with van der Waals surface area (Å²) in [6, 6.07) is 7.74. The van der Waals surface area contributed by atoms with Crippen LogP contribution < -0.4 is 5.32 Å². The molecule has 1 aromatic carbocycles. The van der Waals surface area contributed by atoms with Crippen molar-refractivity contribution >= 4 is 23.2 Å². The molecule has 2 rings (SSSR count). The molecular weight excluding hydrogens is 305 g/mol. The third kappa shape index (κ3) is 4.00. The molecule has 1 heterocycles. The van der Waals surface area contributed by atoms with Gasteiger partial charge in [-0.1, -0.05) is 43.1 Å². The van der Waals surface area contributed by atoms with Crippen molar-refractivity contribution in [1.29, 1.82) is 0 Å². The summed E-state index contributed by atoms with van der Waals surface area (Å²) in [5, 5.41) is 9.31. The van der Waals surface area contributed by atoms with Gasteiger partial charge >= 0.3 is 0 Å². The summed E-state index contributed by atoms with van der Waals surface area (Å²) in [6.45, 7) is 6.12. The van der Waals surface area contributed by atoms with Crippen molar-refractivity contribution in [1.82, 2.24) is 15.1 Å². The van der Waals surface area contributed by atoms with Crippen molar-refractivity contribution in [3.8, 4) is 0 Å².